The Bertz CT molecular complexity index is 855. The van der Waals surface area contributed by atoms with Crippen LogP contribution in [0.15, 0.2) is 47.8 Å². The number of rotatable bonds is 3. The lowest BCUT2D eigenvalue weighted by Crippen LogP contribution is -1.85. The summed E-state index contributed by atoms with van der Waals surface area (Å²) in [4.78, 5) is 4.76. The van der Waals surface area contributed by atoms with Gasteiger partial charge in [0.05, 0.1) is 20.3 Å². The highest BCUT2D eigenvalue weighted by Gasteiger charge is 2.18. The van der Waals surface area contributed by atoms with Gasteiger partial charge in [0, 0.05) is 28.0 Å². The van der Waals surface area contributed by atoms with Gasteiger partial charge in [-0.05, 0) is 17.7 Å². The Morgan fingerprint density at radius 3 is 2.29 bits per heavy atom. The summed E-state index contributed by atoms with van der Waals surface area (Å²) in [6.45, 7) is 0. The maximum absolute atomic E-state index is 6.11. The highest BCUT2D eigenvalue weighted by Crippen LogP contribution is 2.45. The summed E-state index contributed by atoms with van der Waals surface area (Å²) in [7, 11) is 0. The molecule has 0 amide bonds. The molecule has 0 atom stereocenters. The topological polar surface area (TPSA) is 12.9 Å². The van der Waals surface area contributed by atoms with Crippen LogP contribution in [-0.4, -0.2) is 16.5 Å². The number of halogens is 2. The zero-order valence-corrected chi connectivity index (χ0v) is 16.5. The van der Waals surface area contributed by atoms with Gasteiger partial charge >= 0.3 is 0 Å². The maximum atomic E-state index is 6.11. The molecule has 1 saturated heterocycles. The Kier molecular flexibility index (Phi) is 5.11. The second kappa shape index (κ2) is 7.30. The Morgan fingerprint density at radius 2 is 1.58 bits per heavy atom. The molecule has 0 spiro atoms. The minimum atomic E-state index is 0.555. The van der Waals surface area contributed by atoms with Crippen molar-refractivity contribution in [3.63, 3.8) is 0 Å². The molecule has 0 radical (unpaired) electrons. The molecule has 4 rings (SSSR count). The van der Waals surface area contributed by atoms with Gasteiger partial charge in [0.2, 0.25) is 0 Å². The van der Waals surface area contributed by atoms with Gasteiger partial charge in [-0.15, -0.1) is 34.9 Å². The summed E-state index contributed by atoms with van der Waals surface area (Å²) < 4.78 is 0.585. The first-order valence-electron chi connectivity index (χ1n) is 7.45. The average Bonchev–Trinajstić information content (AvgIpc) is 3.29. The van der Waals surface area contributed by atoms with Crippen LogP contribution in [0.4, 0.5) is 0 Å². The fourth-order valence-electron chi connectivity index (χ4n) is 2.53. The summed E-state index contributed by atoms with van der Waals surface area (Å²) >= 11 is 17.8. The van der Waals surface area contributed by atoms with E-state index in [2.05, 4.69) is 29.6 Å². The fraction of sp³-hybridized carbons (Fsp3) is 0.167. The van der Waals surface area contributed by atoms with Crippen molar-refractivity contribution < 1.29 is 0 Å². The number of nitrogens with zero attached hydrogens (tertiary/aromatic N) is 1. The van der Waals surface area contributed by atoms with Gasteiger partial charge in [-0.1, -0.05) is 53.5 Å². The summed E-state index contributed by atoms with van der Waals surface area (Å²) in [5.74, 6) is 2.49. The van der Waals surface area contributed by atoms with Crippen molar-refractivity contribution in [2.75, 3.05) is 11.5 Å². The molecule has 6 heteroatoms. The lowest BCUT2D eigenvalue weighted by Gasteiger charge is -2.08. The summed E-state index contributed by atoms with van der Waals surface area (Å²) in [6, 6.07) is 14.4. The monoisotopic (exact) mass is 409 g/mol. The number of hydrogen-bond acceptors (Lipinski definition) is 4. The first-order chi connectivity index (χ1) is 11.7. The molecule has 0 bridgehead atoms. The summed E-state index contributed by atoms with van der Waals surface area (Å²) in [5.41, 5.74) is 4.47. The Morgan fingerprint density at radius 1 is 0.875 bits per heavy atom. The van der Waals surface area contributed by atoms with Crippen molar-refractivity contribution in [1.82, 2.24) is 4.98 Å². The van der Waals surface area contributed by atoms with Crippen molar-refractivity contribution in [3.05, 3.63) is 63.5 Å². The van der Waals surface area contributed by atoms with E-state index in [1.807, 2.05) is 41.7 Å². The van der Waals surface area contributed by atoms with E-state index in [1.165, 1.54) is 17.1 Å². The predicted octanol–water partition coefficient (Wildman–Crippen LogP) is 7.26. The minimum absolute atomic E-state index is 0.555. The van der Waals surface area contributed by atoms with E-state index in [-0.39, 0.29) is 0 Å². The number of thiazole rings is 1. The zero-order valence-electron chi connectivity index (χ0n) is 12.5. The standard InChI is InChI=1S/C18H13Cl2NS3/c19-14-6-5-13(9-15(14)20)16-10-24-17(21-16)11-1-3-12(4-2-11)18-22-7-8-23-18/h1-6,9-10,18H,7-8H2. The van der Waals surface area contributed by atoms with E-state index in [0.29, 0.717) is 14.6 Å². The normalized spacial score (nSPS) is 15.1. The van der Waals surface area contributed by atoms with E-state index in [1.54, 1.807) is 11.3 Å². The van der Waals surface area contributed by atoms with Crippen LogP contribution in [0.5, 0.6) is 0 Å². The smallest absolute Gasteiger partial charge is 0.124 e. The van der Waals surface area contributed by atoms with Gasteiger partial charge in [0.25, 0.3) is 0 Å². The second-order valence-electron chi connectivity index (χ2n) is 5.36. The molecule has 0 aliphatic carbocycles. The zero-order chi connectivity index (χ0) is 16.5. The van der Waals surface area contributed by atoms with E-state index in [9.17, 15) is 0 Å². The van der Waals surface area contributed by atoms with E-state index in [0.717, 1.165) is 21.8 Å². The summed E-state index contributed by atoms with van der Waals surface area (Å²) in [6.07, 6.45) is 0. The Hall–Kier alpha value is -0.650. The Labute approximate surface area is 163 Å². The molecule has 3 aromatic rings. The fourth-order valence-corrected chi connectivity index (χ4v) is 6.52. The van der Waals surface area contributed by atoms with Crippen LogP contribution in [0.2, 0.25) is 10.0 Å². The average molecular weight is 410 g/mol. The molecule has 2 heterocycles. The molecule has 1 aromatic heterocycles. The molecule has 0 unspecified atom stereocenters. The van der Waals surface area contributed by atoms with Crippen LogP contribution in [0.25, 0.3) is 21.8 Å². The SMILES string of the molecule is Clc1ccc(-c2csc(-c3ccc(C4SCCS4)cc3)n2)cc1Cl. The van der Waals surface area contributed by atoms with Crippen molar-refractivity contribution in [3.8, 4) is 21.8 Å². The third-order valence-corrected chi connectivity index (χ3v) is 8.51. The van der Waals surface area contributed by atoms with Crippen LogP contribution in [0, 0.1) is 0 Å². The largest absolute Gasteiger partial charge is 0.236 e. The maximum Gasteiger partial charge on any atom is 0.124 e. The first-order valence-corrected chi connectivity index (χ1v) is 11.2. The molecule has 122 valence electrons. The van der Waals surface area contributed by atoms with Crippen LogP contribution < -0.4 is 0 Å². The van der Waals surface area contributed by atoms with Crippen molar-refractivity contribution in [1.29, 1.82) is 0 Å². The molecule has 0 N–H and O–H groups in total. The number of thioether (sulfide) groups is 2. The predicted molar refractivity (Wildman–Crippen MR) is 111 cm³/mol. The molecule has 1 nitrogen and oxygen atoms in total. The quantitative estimate of drug-likeness (QED) is 0.451. The van der Waals surface area contributed by atoms with Crippen molar-refractivity contribution in [2.24, 2.45) is 0 Å². The van der Waals surface area contributed by atoms with Crippen LogP contribution in [0.3, 0.4) is 0 Å². The highest BCUT2D eigenvalue weighted by atomic mass is 35.5. The molecular weight excluding hydrogens is 397 g/mol. The van der Waals surface area contributed by atoms with Crippen LogP contribution in [-0.2, 0) is 0 Å². The van der Waals surface area contributed by atoms with Crippen LogP contribution >= 0.6 is 58.1 Å². The number of hydrogen-bond donors (Lipinski definition) is 0. The second-order valence-corrected chi connectivity index (χ2v) is 9.76. The van der Waals surface area contributed by atoms with Gasteiger partial charge in [0.15, 0.2) is 0 Å². The van der Waals surface area contributed by atoms with Crippen molar-refractivity contribution >= 4 is 58.1 Å². The molecule has 24 heavy (non-hydrogen) atoms. The van der Waals surface area contributed by atoms with Gasteiger partial charge < -0.3 is 0 Å². The van der Waals surface area contributed by atoms with Gasteiger partial charge in [-0.2, -0.15) is 0 Å². The van der Waals surface area contributed by atoms with Crippen molar-refractivity contribution in [2.45, 2.75) is 4.58 Å². The molecule has 0 saturated carbocycles. The molecule has 1 aliphatic rings. The van der Waals surface area contributed by atoms with E-state index in [4.69, 9.17) is 28.2 Å². The molecule has 2 aromatic carbocycles. The van der Waals surface area contributed by atoms with Crippen LogP contribution in [0.1, 0.15) is 10.1 Å². The lowest BCUT2D eigenvalue weighted by atomic mass is 10.1. The Balaban J connectivity index is 1.58. The minimum Gasteiger partial charge on any atom is -0.236 e. The molecule has 1 aliphatic heterocycles. The first kappa shape index (κ1) is 16.8. The molecular formula is C18H13Cl2NS3. The summed E-state index contributed by atoms with van der Waals surface area (Å²) in [5, 5.41) is 4.20. The van der Waals surface area contributed by atoms with Gasteiger partial charge in [-0.3, -0.25) is 0 Å². The third-order valence-electron chi connectivity index (χ3n) is 3.77. The van der Waals surface area contributed by atoms with E-state index >= 15 is 0 Å². The van der Waals surface area contributed by atoms with Gasteiger partial charge in [0.1, 0.15) is 5.01 Å². The van der Waals surface area contributed by atoms with Gasteiger partial charge in [-0.25, -0.2) is 4.98 Å². The lowest BCUT2D eigenvalue weighted by molar-refractivity contribution is 1.37. The molecule has 1 fully saturated rings. The van der Waals surface area contributed by atoms with E-state index < -0.39 is 0 Å². The number of aromatic nitrogens is 1. The highest BCUT2D eigenvalue weighted by molar-refractivity contribution is 8.19. The number of benzene rings is 2. The third kappa shape index (κ3) is 3.49.